The Morgan fingerprint density at radius 3 is 2.37 bits per heavy atom. The summed E-state index contributed by atoms with van der Waals surface area (Å²) < 4.78 is 32.8. The van der Waals surface area contributed by atoms with Crippen molar-refractivity contribution in [3.8, 4) is 0 Å². The average Bonchev–Trinajstić information content (AvgIpc) is 2.67. The first-order valence-corrected chi connectivity index (χ1v) is 10.6. The number of carboxylic acid groups (broad SMARTS) is 1. The minimum Gasteiger partial charge on any atom is -0.478 e. The number of nitrogens with one attached hydrogen (secondary N) is 2. The second-order valence-electron chi connectivity index (χ2n) is 6.77. The number of hydrogen-bond acceptors (Lipinski definition) is 8. The van der Waals surface area contributed by atoms with Gasteiger partial charge in [0.05, 0.1) is 24.4 Å². The molecule has 1 heterocycles. The molecule has 30 heavy (non-hydrogen) atoms. The maximum absolute atomic E-state index is 12.6. The minimum atomic E-state index is -4.01. The van der Waals surface area contributed by atoms with E-state index < -0.39 is 70.4 Å². The van der Waals surface area contributed by atoms with E-state index in [1.807, 2.05) is 0 Å². The normalized spacial score (nSPS) is 23.6. The number of sulfonamides is 1. The van der Waals surface area contributed by atoms with Crippen LogP contribution in [-0.4, -0.2) is 77.7 Å². The van der Waals surface area contributed by atoms with Gasteiger partial charge in [-0.3, -0.25) is 4.79 Å². The Morgan fingerprint density at radius 2 is 1.83 bits per heavy atom. The Balaban J connectivity index is 2.39. The molecule has 6 N–H and O–H groups in total. The third kappa shape index (κ3) is 6.24. The standard InChI is InChI=1S/C18H24N2O9S/c1-10(22)19-15-12(20-30(27,28)9-11-5-3-2-4-6-11)7-14(18(25)26)29-17(15)16(24)13(23)8-21/h2-7,12-13,15-17,20-21,23-24H,8-9H2,1H3,(H,19,22)(H,25,26)/t12-,13?,15+,16+,17+/m0/s1. The summed E-state index contributed by atoms with van der Waals surface area (Å²) in [4.78, 5) is 23.1. The number of amides is 1. The fourth-order valence-electron chi connectivity index (χ4n) is 3.02. The number of hydrogen-bond donors (Lipinski definition) is 6. The van der Waals surface area contributed by atoms with Gasteiger partial charge in [0.25, 0.3) is 0 Å². The van der Waals surface area contributed by atoms with Crippen molar-refractivity contribution in [3.05, 3.63) is 47.7 Å². The summed E-state index contributed by atoms with van der Waals surface area (Å²) >= 11 is 0. The summed E-state index contributed by atoms with van der Waals surface area (Å²) in [7, 11) is -4.01. The Bertz CT molecular complexity index is 888. The molecule has 12 heteroatoms. The Morgan fingerprint density at radius 1 is 1.20 bits per heavy atom. The highest BCUT2D eigenvalue weighted by Gasteiger charge is 2.44. The zero-order valence-electron chi connectivity index (χ0n) is 16.0. The molecular formula is C18H24N2O9S. The minimum absolute atomic E-state index is 0.416. The molecule has 0 saturated carbocycles. The van der Waals surface area contributed by atoms with Crippen LogP contribution >= 0.6 is 0 Å². The van der Waals surface area contributed by atoms with E-state index in [4.69, 9.17) is 9.84 Å². The van der Waals surface area contributed by atoms with Gasteiger partial charge in [0.1, 0.15) is 18.3 Å². The predicted molar refractivity (Wildman–Crippen MR) is 103 cm³/mol. The highest BCUT2D eigenvalue weighted by atomic mass is 32.2. The molecule has 166 valence electrons. The van der Waals surface area contributed by atoms with Crippen LogP contribution in [0.1, 0.15) is 12.5 Å². The van der Waals surface area contributed by atoms with E-state index in [0.29, 0.717) is 5.56 Å². The van der Waals surface area contributed by atoms with Gasteiger partial charge in [0.15, 0.2) is 0 Å². The fourth-order valence-corrected chi connectivity index (χ4v) is 4.36. The van der Waals surface area contributed by atoms with Gasteiger partial charge < -0.3 is 30.5 Å². The predicted octanol–water partition coefficient (Wildman–Crippen LogP) is -1.94. The Hall–Kier alpha value is -2.51. The SMILES string of the molecule is CC(=O)N[C@H]1[C@H]([C@H](O)C(O)CO)OC(C(=O)O)=C[C@@H]1NS(=O)(=O)Cc1ccccc1. The molecule has 0 bridgehead atoms. The molecule has 0 radical (unpaired) electrons. The van der Waals surface area contributed by atoms with Gasteiger partial charge in [-0.2, -0.15) is 0 Å². The van der Waals surface area contributed by atoms with Gasteiger partial charge >= 0.3 is 5.97 Å². The topological polar surface area (TPSA) is 182 Å². The number of aliphatic carboxylic acids is 1. The van der Waals surface area contributed by atoms with E-state index in [0.717, 1.165) is 13.0 Å². The molecule has 0 aromatic heterocycles. The van der Waals surface area contributed by atoms with E-state index in [1.54, 1.807) is 30.3 Å². The Labute approximate surface area is 173 Å². The smallest absolute Gasteiger partial charge is 0.370 e. The van der Waals surface area contributed by atoms with Crippen LogP contribution in [0.15, 0.2) is 42.2 Å². The molecule has 0 saturated heterocycles. The number of aliphatic hydroxyl groups is 3. The number of carbonyl (C=O) groups excluding carboxylic acids is 1. The van der Waals surface area contributed by atoms with Crippen molar-refractivity contribution in [1.82, 2.24) is 10.0 Å². The molecule has 1 amide bonds. The van der Waals surface area contributed by atoms with Crippen molar-refractivity contribution in [2.75, 3.05) is 6.61 Å². The molecule has 11 nitrogen and oxygen atoms in total. The lowest BCUT2D eigenvalue weighted by Crippen LogP contribution is -2.63. The summed E-state index contributed by atoms with van der Waals surface area (Å²) in [6, 6.07) is 5.64. The van der Waals surface area contributed by atoms with Crippen molar-refractivity contribution in [2.45, 2.75) is 43.1 Å². The Kier molecular flexibility index (Phi) is 7.92. The second kappa shape index (κ2) is 10.00. The van der Waals surface area contributed by atoms with Crippen LogP contribution in [0.25, 0.3) is 0 Å². The van der Waals surface area contributed by atoms with Crippen LogP contribution in [-0.2, 0) is 30.1 Å². The van der Waals surface area contributed by atoms with Crippen LogP contribution < -0.4 is 10.0 Å². The number of rotatable bonds is 9. The molecule has 5 atom stereocenters. The van der Waals surface area contributed by atoms with Gasteiger partial charge in [0.2, 0.25) is 21.7 Å². The second-order valence-corrected chi connectivity index (χ2v) is 8.53. The summed E-state index contributed by atoms with van der Waals surface area (Å²) in [5.74, 6) is -3.25. The van der Waals surface area contributed by atoms with Gasteiger partial charge in [-0.1, -0.05) is 30.3 Å². The lowest BCUT2D eigenvalue weighted by Gasteiger charge is -2.39. The van der Waals surface area contributed by atoms with Gasteiger partial charge in [-0.25, -0.2) is 17.9 Å². The van der Waals surface area contributed by atoms with Gasteiger partial charge in [-0.15, -0.1) is 0 Å². The number of benzene rings is 1. The van der Waals surface area contributed by atoms with Gasteiger partial charge in [0, 0.05) is 6.92 Å². The van der Waals surface area contributed by atoms with Crippen molar-refractivity contribution >= 4 is 21.9 Å². The monoisotopic (exact) mass is 444 g/mol. The van der Waals surface area contributed by atoms with Crippen molar-refractivity contribution in [3.63, 3.8) is 0 Å². The van der Waals surface area contributed by atoms with Crippen molar-refractivity contribution < 1.29 is 43.2 Å². The zero-order chi connectivity index (χ0) is 22.5. The third-order valence-corrected chi connectivity index (χ3v) is 5.69. The molecule has 0 aliphatic carbocycles. The van der Waals surface area contributed by atoms with Crippen LogP contribution in [0.3, 0.4) is 0 Å². The molecule has 1 aliphatic rings. The lowest BCUT2D eigenvalue weighted by molar-refractivity contribution is -0.146. The van der Waals surface area contributed by atoms with Crippen molar-refractivity contribution in [2.24, 2.45) is 0 Å². The summed E-state index contributed by atoms with van der Waals surface area (Å²) in [5, 5.41) is 40.9. The zero-order valence-corrected chi connectivity index (χ0v) is 16.8. The van der Waals surface area contributed by atoms with E-state index in [1.165, 1.54) is 0 Å². The van der Waals surface area contributed by atoms with E-state index in [-0.39, 0.29) is 0 Å². The maximum atomic E-state index is 12.6. The summed E-state index contributed by atoms with van der Waals surface area (Å²) in [6.45, 7) is 0.266. The van der Waals surface area contributed by atoms with Crippen LogP contribution in [0, 0.1) is 0 Å². The van der Waals surface area contributed by atoms with E-state index >= 15 is 0 Å². The van der Waals surface area contributed by atoms with Crippen LogP contribution in [0.2, 0.25) is 0 Å². The largest absolute Gasteiger partial charge is 0.478 e. The molecule has 1 aliphatic heterocycles. The third-order valence-electron chi connectivity index (χ3n) is 4.35. The van der Waals surface area contributed by atoms with E-state index in [9.17, 15) is 33.3 Å². The first-order valence-electron chi connectivity index (χ1n) is 8.94. The highest BCUT2D eigenvalue weighted by Crippen LogP contribution is 2.24. The molecule has 1 unspecified atom stereocenters. The van der Waals surface area contributed by atoms with E-state index in [2.05, 4.69) is 10.0 Å². The van der Waals surface area contributed by atoms with Crippen LogP contribution in [0.5, 0.6) is 0 Å². The number of aliphatic hydroxyl groups excluding tert-OH is 3. The molecule has 0 spiro atoms. The van der Waals surface area contributed by atoms with Crippen molar-refractivity contribution in [1.29, 1.82) is 0 Å². The first-order chi connectivity index (χ1) is 14.0. The molecule has 0 fully saturated rings. The molecule has 2 rings (SSSR count). The molecule has 1 aromatic carbocycles. The quantitative estimate of drug-likeness (QED) is 0.252. The fraction of sp³-hybridized carbons (Fsp3) is 0.444. The summed E-state index contributed by atoms with van der Waals surface area (Å²) in [6.07, 6.45) is -4.14. The first kappa shape index (κ1) is 23.8. The maximum Gasteiger partial charge on any atom is 0.370 e. The number of ether oxygens (including phenoxy) is 1. The van der Waals surface area contributed by atoms with Gasteiger partial charge in [-0.05, 0) is 11.6 Å². The number of carboxylic acids is 1. The molecular weight excluding hydrogens is 420 g/mol. The van der Waals surface area contributed by atoms with Crippen LogP contribution in [0.4, 0.5) is 0 Å². The highest BCUT2D eigenvalue weighted by molar-refractivity contribution is 7.88. The number of carbonyl (C=O) groups is 2. The summed E-state index contributed by atoms with van der Waals surface area (Å²) in [5.41, 5.74) is 0.475. The lowest BCUT2D eigenvalue weighted by atomic mass is 9.92. The molecule has 1 aromatic rings. The average molecular weight is 444 g/mol.